The van der Waals surface area contributed by atoms with Crippen LogP contribution in [0.3, 0.4) is 0 Å². The van der Waals surface area contributed by atoms with Crippen LogP contribution in [0, 0.1) is 27.7 Å². The zero-order valence-corrected chi connectivity index (χ0v) is 19.1. The maximum absolute atomic E-state index is 10.1. The summed E-state index contributed by atoms with van der Waals surface area (Å²) in [5.41, 5.74) is 9.08. The lowest BCUT2D eigenvalue weighted by Gasteiger charge is -2.20. The summed E-state index contributed by atoms with van der Waals surface area (Å²) in [7, 11) is 0. The fraction of sp³-hybridized carbons (Fsp3) is 0.357. The quantitative estimate of drug-likeness (QED) is 0.465. The van der Waals surface area contributed by atoms with Crippen molar-refractivity contribution in [2.45, 2.75) is 66.2 Å². The molecule has 2 nitrogen and oxygen atoms in total. The van der Waals surface area contributed by atoms with Gasteiger partial charge in [0.15, 0.2) is 0 Å². The molecule has 0 amide bonds. The maximum atomic E-state index is 10.1. The van der Waals surface area contributed by atoms with E-state index in [2.05, 4.69) is 62.4 Å². The van der Waals surface area contributed by atoms with Gasteiger partial charge in [0.2, 0.25) is 0 Å². The van der Waals surface area contributed by atoms with Gasteiger partial charge in [0.05, 0.1) is 0 Å². The van der Waals surface area contributed by atoms with Gasteiger partial charge in [-0.05, 0) is 96.9 Å². The Balaban J connectivity index is 1.82. The highest BCUT2D eigenvalue weighted by Crippen LogP contribution is 2.32. The van der Waals surface area contributed by atoms with E-state index in [1.807, 2.05) is 27.7 Å². The van der Waals surface area contributed by atoms with Crippen LogP contribution in [0.5, 0.6) is 11.5 Å². The second-order valence-electron chi connectivity index (χ2n) is 8.99. The molecule has 0 fully saturated rings. The first-order valence-electron chi connectivity index (χ1n) is 10.8. The summed E-state index contributed by atoms with van der Waals surface area (Å²) in [5.74, 6) is 1.55. The number of hydrogen-bond acceptors (Lipinski definition) is 2. The molecule has 0 aromatic heterocycles. The Hall–Kier alpha value is -2.74. The van der Waals surface area contributed by atoms with Crippen molar-refractivity contribution in [3.63, 3.8) is 0 Å². The standard InChI is InChI=1S/C28H34O2/c1-17(25-13-19(3)27(29)20(4)14-25)11-23-9-7-8-10-24(23)12-18(2)26-15-21(5)28(30)22(6)16-26/h7-10,13-18,29-30H,11-12H2,1-6H3. The molecule has 2 unspecified atom stereocenters. The van der Waals surface area contributed by atoms with Gasteiger partial charge < -0.3 is 10.2 Å². The van der Waals surface area contributed by atoms with Crippen molar-refractivity contribution in [1.82, 2.24) is 0 Å². The van der Waals surface area contributed by atoms with Gasteiger partial charge in [-0.15, -0.1) is 0 Å². The summed E-state index contributed by atoms with van der Waals surface area (Å²) in [4.78, 5) is 0. The Morgan fingerprint density at radius 3 is 1.20 bits per heavy atom. The van der Waals surface area contributed by atoms with Crippen molar-refractivity contribution in [2.75, 3.05) is 0 Å². The van der Waals surface area contributed by atoms with Gasteiger partial charge in [-0.2, -0.15) is 0 Å². The molecule has 0 spiro atoms. The van der Waals surface area contributed by atoms with Crippen LogP contribution in [-0.4, -0.2) is 10.2 Å². The normalized spacial score (nSPS) is 13.3. The number of hydrogen-bond donors (Lipinski definition) is 2. The lowest BCUT2D eigenvalue weighted by Crippen LogP contribution is -2.06. The van der Waals surface area contributed by atoms with Crippen molar-refractivity contribution in [3.8, 4) is 11.5 Å². The van der Waals surface area contributed by atoms with Gasteiger partial charge in [0, 0.05) is 0 Å². The maximum Gasteiger partial charge on any atom is 0.121 e. The average Bonchev–Trinajstić information content (AvgIpc) is 2.70. The molecule has 2 atom stereocenters. The van der Waals surface area contributed by atoms with E-state index >= 15 is 0 Å². The van der Waals surface area contributed by atoms with E-state index in [0.717, 1.165) is 35.1 Å². The lowest BCUT2D eigenvalue weighted by atomic mass is 9.85. The second kappa shape index (κ2) is 8.95. The second-order valence-corrected chi connectivity index (χ2v) is 8.99. The Morgan fingerprint density at radius 2 is 0.900 bits per heavy atom. The Labute approximate surface area is 181 Å². The van der Waals surface area contributed by atoms with Crippen molar-refractivity contribution >= 4 is 0 Å². The number of rotatable bonds is 6. The zero-order chi connectivity index (χ0) is 22.0. The van der Waals surface area contributed by atoms with Crippen LogP contribution in [0.4, 0.5) is 0 Å². The first kappa shape index (κ1) is 22.0. The highest BCUT2D eigenvalue weighted by atomic mass is 16.3. The molecule has 2 heteroatoms. The molecule has 3 aromatic rings. The Kier molecular flexibility index (Phi) is 6.55. The average molecular weight is 403 g/mol. The Morgan fingerprint density at radius 1 is 0.600 bits per heavy atom. The van der Waals surface area contributed by atoms with E-state index in [-0.39, 0.29) is 0 Å². The fourth-order valence-corrected chi connectivity index (χ4v) is 4.40. The monoisotopic (exact) mass is 402 g/mol. The van der Waals surface area contributed by atoms with Gasteiger partial charge in [-0.3, -0.25) is 0 Å². The zero-order valence-electron chi connectivity index (χ0n) is 19.1. The van der Waals surface area contributed by atoms with Crippen molar-refractivity contribution < 1.29 is 10.2 Å². The smallest absolute Gasteiger partial charge is 0.121 e. The van der Waals surface area contributed by atoms with E-state index in [4.69, 9.17) is 0 Å². The highest BCUT2D eigenvalue weighted by Gasteiger charge is 2.16. The first-order chi connectivity index (χ1) is 14.2. The number of aryl methyl sites for hydroxylation is 4. The van der Waals surface area contributed by atoms with Crippen LogP contribution in [0.1, 0.15) is 70.2 Å². The summed E-state index contributed by atoms with van der Waals surface area (Å²) in [5, 5.41) is 20.2. The predicted molar refractivity (Wildman–Crippen MR) is 126 cm³/mol. The predicted octanol–water partition coefficient (Wildman–Crippen LogP) is 7.02. The third kappa shape index (κ3) is 4.70. The summed E-state index contributed by atoms with van der Waals surface area (Å²) in [6, 6.07) is 17.2. The summed E-state index contributed by atoms with van der Waals surface area (Å²) in [6.07, 6.45) is 1.94. The fourth-order valence-electron chi connectivity index (χ4n) is 4.40. The molecular formula is C28H34O2. The van der Waals surface area contributed by atoms with E-state index in [1.54, 1.807) is 0 Å². The van der Waals surface area contributed by atoms with Crippen LogP contribution >= 0.6 is 0 Å². The van der Waals surface area contributed by atoms with Gasteiger partial charge in [0.1, 0.15) is 11.5 Å². The minimum absolute atomic E-state index is 0.373. The molecule has 3 rings (SSSR count). The molecule has 0 bridgehead atoms. The van der Waals surface area contributed by atoms with E-state index in [0.29, 0.717) is 23.3 Å². The largest absolute Gasteiger partial charge is 0.507 e. The van der Waals surface area contributed by atoms with Crippen molar-refractivity contribution in [1.29, 1.82) is 0 Å². The molecule has 0 aliphatic carbocycles. The van der Waals surface area contributed by atoms with E-state index in [1.165, 1.54) is 22.3 Å². The number of phenolic OH excluding ortho intramolecular Hbond substituents is 2. The summed E-state index contributed by atoms with van der Waals surface area (Å²) in [6.45, 7) is 12.4. The van der Waals surface area contributed by atoms with Crippen molar-refractivity contribution in [3.05, 3.63) is 93.0 Å². The molecule has 158 valence electrons. The van der Waals surface area contributed by atoms with Crippen LogP contribution in [-0.2, 0) is 12.8 Å². The minimum atomic E-state index is 0.373. The van der Waals surface area contributed by atoms with Crippen molar-refractivity contribution in [2.24, 2.45) is 0 Å². The molecule has 0 radical (unpaired) electrons. The van der Waals surface area contributed by atoms with Crippen LogP contribution in [0.2, 0.25) is 0 Å². The molecule has 2 N–H and O–H groups in total. The molecule has 0 heterocycles. The van der Waals surface area contributed by atoms with E-state index < -0.39 is 0 Å². The SMILES string of the molecule is Cc1cc(C(C)Cc2ccccc2CC(C)c2cc(C)c(O)c(C)c2)cc(C)c1O. The highest BCUT2D eigenvalue weighted by molar-refractivity contribution is 5.45. The van der Waals surface area contributed by atoms with Gasteiger partial charge in [0.25, 0.3) is 0 Å². The summed E-state index contributed by atoms with van der Waals surface area (Å²) < 4.78 is 0. The number of aromatic hydroxyl groups is 2. The topological polar surface area (TPSA) is 40.5 Å². The molecule has 30 heavy (non-hydrogen) atoms. The van der Waals surface area contributed by atoms with Gasteiger partial charge in [-0.1, -0.05) is 62.4 Å². The van der Waals surface area contributed by atoms with Gasteiger partial charge in [-0.25, -0.2) is 0 Å². The molecule has 0 aliphatic rings. The Bertz CT molecular complexity index is 918. The van der Waals surface area contributed by atoms with E-state index in [9.17, 15) is 10.2 Å². The van der Waals surface area contributed by atoms with Crippen LogP contribution in [0.15, 0.2) is 48.5 Å². The third-order valence-electron chi connectivity index (χ3n) is 6.34. The molecule has 3 aromatic carbocycles. The summed E-state index contributed by atoms with van der Waals surface area (Å²) >= 11 is 0. The minimum Gasteiger partial charge on any atom is -0.507 e. The van der Waals surface area contributed by atoms with Gasteiger partial charge >= 0.3 is 0 Å². The number of benzene rings is 3. The molecule has 0 aliphatic heterocycles. The lowest BCUT2D eigenvalue weighted by molar-refractivity contribution is 0.466. The third-order valence-corrected chi connectivity index (χ3v) is 6.34. The van der Waals surface area contributed by atoms with Crippen LogP contribution in [0.25, 0.3) is 0 Å². The molecular weight excluding hydrogens is 368 g/mol. The first-order valence-corrected chi connectivity index (χ1v) is 10.8. The van der Waals surface area contributed by atoms with Crippen LogP contribution < -0.4 is 0 Å². The molecule has 0 saturated heterocycles. The molecule has 0 saturated carbocycles. The number of phenols is 2.